The van der Waals surface area contributed by atoms with E-state index in [1.54, 1.807) is 30.3 Å². The van der Waals surface area contributed by atoms with Crippen molar-refractivity contribution in [3.63, 3.8) is 0 Å². The lowest BCUT2D eigenvalue weighted by Gasteiger charge is -2.31. The second-order valence-corrected chi connectivity index (χ2v) is 11.4. The summed E-state index contributed by atoms with van der Waals surface area (Å²) in [5.41, 5.74) is 12.4. The highest BCUT2D eigenvalue weighted by molar-refractivity contribution is 9.10. The van der Waals surface area contributed by atoms with Gasteiger partial charge in [0.05, 0.1) is 6.61 Å². The van der Waals surface area contributed by atoms with E-state index >= 15 is 0 Å². The van der Waals surface area contributed by atoms with E-state index in [1.807, 2.05) is 73.7 Å². The second-order valence-electron chi connectivity index (χ2n) is 10.5. The average Bonchev–Trinajstić information content (AvgIpc) is 3.42. The molecule has 0 radical (unpaired) electrons. The molecule has 4 aromatic rings. The first-order valence-corrected chi connectivity index (χ1v) is 15.0. The standard InChI is InChI=1S/C34H32BrN5O4/c1-23-6-4-7-25(20-23)22-37-33(42)34(21-24-10-14-27(35)15-11-24)31(29-8-2-3-9-30(29)39-40-36)44-32(38-34)26-12-16-28(17-13-26)43-19-5-18-41/h2-4,6-17,20,31,41H,5,18-19,21-22H2,1H3,(H,37,42)/t31-,34-/m1/s1. The Kier molecular flexibility index (Phi) is 9.96. The number of aryl methyl sites for hydroxylation is 1. The number of nitrogens with one attached hydrogen (secondary N) is 1. The zero-order valence-corrected chi connectivity index (χ0v) is 25.8. The molecule has 44 heavy (non-hydrogen) atoms. The normalized spacial score (nSPS) is 17.2. The maximum absolute atomic E-state index is 14.5. The van der Waals surface area contributed by atoms with Gasteiger partial charge in [0, 0.05) is 52.2 Å². The number of carbonyl (C=O) groups is 1. The predicted octanol–water partition coefficient (Wildman–Crippen LogP) is 7.28. The van der Waals surface area contributed by atoms with E-state index < -0.39 is 11.6 Å². The summed E-state index contributed by atoms with van der Waals surface area (Å²) in [5.74, 6) is 0.611. The number of carbonyl (C=O) groups excluding carboxylic acids is 1. The molecule has 10 heteroatoms. The molecule has 9 nitrogen and oxygen atoms in total. The van der Waals surface area contributed by atoms with Crippen LogP contribution < -0.4 is 10.1 Å². The molecule has 224 valence electrons. The van der Waals surface area contributed by atoms with Crippen molar-refractivity contribution < 1.29 is 19.4 Å². The van der Waals surface area contributed by atoms with Crippen LogP contribution in [0.2, 0.25) is 0 Å². The highest BCUT2D eigenvalue weighted by Gasteiger charge is 2.53. The fourth-order valence-electron chi connectivity index (χ4n) is 5.18. The molecule has 0 bridgehead atoms. The minimum Gasteiger partial charge on any atom is -0.494 e. The third-order valence-corrected chi connectivity index (χ3v) is 7.85. The largest absolute Gasteiger partial charge is 0.494 e. The molecule has 1 aliphatic rings. The molecule has 0 spiro atoms. The summed E-state index contributed by atoms with van der Waals surface area (Å²) in [6.45, 7) is 2.75. The molecule has 0 aromatic heterocycles. The summed E-state index contributed by atoms with van der Waals surface area (Å²) in [4.78, 5) is 22.6. The lowest BCUT2D eigenvalue weighted by Crippen LogP contribution is -2.49. The molecule has 0 saturated carbocycles. The molecule has 5 rings (SSSR count). The number of rotatable bonds is 12. The molecule has 2 atom stereocenters. The van der Waals surface area contributed by atoms with Crippen LogP contribution in [0.3, 0.4) is 0 Å². The van der Waals surface area contributed by atoms with Crippen molar-refractivity contribution >= 4 is 33.4 Å². The van der Waals surface area contributed by atoms with Crippen molar-refractivity contribution in [2.45, 2.75) is 38.0 Å². The van der Waals surface area contributed by atoms with Crippen LogP contribution in [0, 0.1) is 6.92 Å². The maximum atomic E-state index is 14.5. The van der Waals surface area contributed by atoms with Crippen molar-refractivity contribution in [2.75, 3.05) is 13.2 Å². The smallest absolute Gasteiger partial charge is 0.252 e. The fraction of sp³-hybridized carbons (Fsp3) is 0.235. The van der Waals surface area contributed by atoms with Crippen molar-refractivity contribution in [1.82, 2.24) is 5.32 Å². The Hall–Kier alpha value is -4.63. The van der Waals surface area contributed by atoms with Gasteiger partial charge in [-0.2, -0.15) is 0 Å². The highest BCUT2D eigenvalue weighted by Crippen LogP contribution is 2.45. The zero-order valence-electron chi connectivity index (χ0n) is 24.2. The van der Waals surface area contributed by atoms with Crippen LogP contribution in [0.15, 0.2) is 112 Å². The minimum atomic E-state index is -1.44. The number of aliphatic imine (C=N–C) groups is 1. The summed E-state index contributed by atoms with van der Waals surface area (Å²) in [7, 11) is 0. The van der Waals surface area contributed by atoms with Crippen LogP contribution in [0.1, 0.15) is 40.3 Å². The van der Waals surface area contributed by atoms with Gasteiger partial charge in [-0.15, -0.1) is 0 Å². The topological polar surface area (TPSA) is 129 Å². The number of benzene rings is 4. The van der Waals surface area contributed by atoms with E-state index in [4.69, 9.17) is 19.6 Å². The van der Waals surface area contributed by atoms with Crippen molar-refractivity contribution in [3.05, 3.63) is 140 Å². The summed E-state index contributed by atoms with van der Waals surface area (Å²) in [6.07, 6.45) is -0.151. The molecule has 1 amide bonds. The van der Waals surface area contributed by atoms with Crippen molar-refractivity contribution in [1.29, 1.82) is 0 Å². The molecule has 4 aromatic carbocycles. The highest BCUT2D eigenvalue weighted by atomic mass is 79.9. The number of hydrogen-bond acceptors (Lipinski definition) is 6. The number of ether oxygens (including phenoxy) is 2. The summed E-state index contributed by atoms with van der Waals surface area (Å²) < 4.78 is 13.2. The van der Waals surface area contributed by atoms with Crippen LogP contribution in [0.4, 0.5) is 5.69 Å². The number of nitrogens with zero attached hydrogens (tertiary/aromatic N) is 4. The monoisotopic (exact) mass is 653 g/mol. The molecule has 0 fully saturated rings. The van der Waals surface area contributed by atoms with E-state index in [-0.39, 0.29) is 24.8 Å². The van der Waals surface area contributed by atoms with Crippen LogP contribution >= 0.6 is 15.9 Å². The van der Waals surface area contributed by atoms with Crippen molar-refractivity contribution in [3.8, 4) is 5.75 Å². The molecule has 1 aliphatic heterocycles. The molecular weight excluding hydrogens is 622 g/mol. The molecule has 1 heterocycles. The Balaban J connectivity index is 1.60. The van der Waals surface area contributed by atoms with E-state index in [1.165, 1.54) is 0 Å². The number of halogens is 1. The third kappa shape index (κ3) is 7.11. The Morgan fingerprint density at radius 1 is 1.07 bits per heavy atom. The van der Waals surface area contributed by atoms with Gasteiger partial charge in [0.2, 0.25) is 5.90 Å². The van der Waals surface area contributed by atoms with Gasteiger partial charge in [-0.05, 0) is 60.0 Å². The maximum Gasteiger partial charge on any atom is 0.252 e. The van der Waals surface area contributed by atoms with Crippen LogP contribution in [-0.2, 0) is 22.5 Å². The van der Waals surface area contributed by atoms with E-state index in [9.17, 15) is 10.3 Å². The first kappa shape index (κ1) is 30.8. The summed E-state index contributed by atoms with van der Waals surface area (Å²) in [5, 5.41) is 16.1. The number of aliphatic hydroxyl groups is 1. The van der Waals surface area contributed by atoms with Gasteiger partial charge in [0.1, 0.15) is 5.75 Å². The minimum absolute atomic E-state index is 0.0494. The van der Waals surface area contributed by atoms with E-state index in [2.05, 4.69) is 31.3 Å². The average molecular weight is 655 g/mol. The van der Waals surface area contributed by atoms with Gasteiger partial charge < -0.3 is 19.9 Å². The fourth-order valence-corrected chi connectivity index (χ4v) is 5.44. The Labute approximate surface area is 264 Å². The molecule has 2 N–H and O–H groups in total. The van der Waals surface area contributed by atoms with Gasteiger partial charge in [0.15, 0.2) is 11.6 Å². The number of azide groups is 1. The number of hydrogen-bond donors (Lipinski definition) is 2. The molecule has 0 saturated heterocycles. The van der Waals surface area contributed by atoms with E-state index in [0.717, 1.165) is 21.2 Å². The predicted molar refractivity (Wildman–Crippen MR) is 173 cm³/mol. The number of aliphatic hydroxyl groups excluding tert-OH is 1. The SMILES string of the molecule is Cc1cccc(CNC(=O)[C@]2(Cc3ccc(Br)cc3)N=C(c3ccc(OCCCO)cc3)O[C@@H]2c2ccccc2N=[N+]=[N-])c1. The lowest BCUT2D eigenvalue weighted by atomic mass is 9.81. The van der Waals surface area contributed by atoms with Gasteiger partial charge in [-0.25, -0.2) is 4.99 Å². The van der Waals surface area contributed by atoms with Crippen LogP contribution in [-0.4, -0.2) is 35.7 Å². The second kappa shape index (κ2) is 14.2. The molecule has 0 unspecified atom stereocenters. The first-order valence-electron chi connectivity index (χ1n) is 14.2. The molecule has 0 aliphatic carbocycles. The summed E-state index contributed by atoms with van der Waals surface area (Å²) >= 11 is 3.50. The van der Waals surface area contributed by atoms with Gasteiger partial charge in [0.25, 0.3) is 5.91 Å². The van der Waals surface area contributed by atoms with Gasteiger partial charge >= 0.3 is 0 Å². The first-order chi connectivity index (χ1) is 21.4. The zero-order chi connectivity index (χ0) is 30.9. The quantitative estimate of drug-likeness (QED) is 0.0720. The number of amides is 1. The lowest BCUT2D eigenvalue weighted by molar-refractivity contribution is -0.129. The van der Waals surface area contributed by atoms with Crippen LogP contribution in [0.25, 0.3) is 10.4 Å². The third-order valence-electron chi connectivity index (χ3n) is 7.32. The van der Waals surface area contributed by atoms with Gasteiger partial charge in [-0.3, -0.25) is 4.79 Å². The molecular formula is C34H32BrN5O4. The Bertz CT molecular complexity index is 1690. The van der Waals surface area contributed by atoms with E-state index in [0.29, 0.717) is 42.1 Å². The Morgan fingerprint density at radius 3 is 2.57 bits per heavy atom. The van der Waals surface area contributed by atoms with Gasteiger partial charge in [-0.1, -0.05) is 87.3 Å². The van der Waals surface area contributed by atoms with Crippen molar-refractivity contribution in [2.24, 2.45) is 10.1 Å². The van der Waals surface area contributed by atoms with Crippen LogP contribution in [0.5, 0.6) is 5.75 Å². The summed E-state index contributed by atoms with van der Waals surface area (Å²) in [6, 6.07) is 30.0. The Morgan fingerprint density at radius 2 is 1.84 bits per heavy atom.